The van der Waals surface area contributed by atoms with Gasteiger partial charge in [-0.05, 0) is 30.2 Å². The molecule has 0 aliphatic carbocycles. The van der Waals surface area contributed by atoms with Crippen LogP contribution in [0.1, 0.15) is 17.2 Å². The molecule has 0 aromatic heterocycles. The standard InChI is InChI=1S/C14H13Cl2FN2/c15-10-5-6-11(13(17)8-10)14(19-18)7-9-3-1-2-4-12(9)16/h1-6,8,14,19H,7,18H2. The van der Waals surface area contributed by atoms with Crippen molar-refractivity contribution in [3.8, 4) is 0 Å². The quantitative estimate of drug-likeness (QED) is 0.664. The van der Waals surface area contributed by atoms with Gasteiger partial charge in [0.05, 0.1) is 6.04 Å². The van der Waals surface area contributed by atoms with Crippen molar-refractivity contribution in [1.82, 2.24) is 5.43 Å². The van der Waals surface area contributed by atoms with Crippen molar-refractivity contribution < 1.29 is 4.39 Å². The minimum Gasteiger partial charge on any atom is -0.271 e. The molecular weight excluding hydrogens is 286 g/mol. The molecule has 0 aliphatic heterocycles. The minimum atomic E-state index is -0.387. The van der Waals surface area contributed by atoms with Gasteiger partial charge >= 0.3 is 0 Å². The number of benzene rings is 2. The molecule has 19 heavy (non-hydrogen) atoms. The van der Waals surface area contributed by atoms with E-state index in [2.05, 4.69) is 5.43 Å². The summed E-state index contributed by atoms with van der Waals surface area (Å²) in [5.41, 5.74) is 3.98. The lowest BCUT2D eigenvalue weighted by Gasteiger charge is -2.18. The molecule has 2 aromatic rings. The van der Waals surface area contributed by atoms with Crippen LogP contribution in [0.15, 0.2) is 42.5 Å². The van der Waals surface area contributed by atoms with Gasteiger partial charge in [0, 0.05) is 15.6 Å². The molecule has 1 unspecified atom stereocenters. The fraction of sp³-hybridized carbons (Fsp3) is 0.143. The maximum Gasteiger partial charge on any atom is 0.129 e. The largest absolute Gasteiger partial charge is 0.271 e. The third-order valence-corrected chi connectivity index (χ3v) is 3.52. The van der Waals surface area contributed by atoms with Crippen molar-refractivity contribution in [2.75, 3.05) is 0 Å². The van der Waals surface area contributed by atoms with Gasteiger partial charge in [-0.25, -0.2) is 4.39 Å². The van der Waals surface area contributed by atoms with Gasteiger partial charge in [0.25, 0.3) is 0 Å². The van der Waals surface area contributed by atoms with E-state index in [1.54, 1.807) is 18.2 Å². The molecule has 0 saturated heterocycles. The second-order valence-corrected chi connectivity index (χ2v) is 5.02. The first-order chi connectivity index (χ1) is 9.11. The predicted octanol–water partition coefficient (Wildman–Crippen LogP) is 3.88. The molecule has 2 aromatic carbocycles. The van der Waals surface area contributed by atoms with Gasteiger partial charge in [-0.15, -0.1) is 0 Å². The smallest absolute Gasteiger partial charge is 0.129 e. The minimum absolute atomic E-state index is 0.356. The van der Waals surface area contributed by atoms with Crippen molar-refractivity contribution in [3.63, 3.8) is 0 Å². The van der Waals surface area contributed by atoms with Gasteiger partial charge < -0.3 is 0 Å². The first kappa shape index (κ1) is 14.3. The van der Waals surface area contributed by atoms with Crippen LogP contribution in [-0.2, 0) is 6.42 Å². The fourth-order valence-corrected chi connectivity index (χ4v) is 2.30. The summed E-state index contributed by atoms with van der Waals surface area (Å²) in [7, 11) is 0. The van der Waals surface area contributed by atoms with Crippen LogP contribution in [0.2, 0.25) is 10.0 Å². The maximum atomic E-state index is 13.9. The van der Waals surface area contributed by atoms with Crippen molar-refractivity contribution in [3.05, 3.63) is 69.5 Å². The van der Waals surface area contributed by atoms with Gasteiger partial charge in [-0.1, -0.05) is 47.5 Å². The zero-order valence-electron chi connectivity index (χ0n) is 10.0. The summed E-state index contributed by atoms with van der Waals surface area (Å²) >= 11 is 11.8. The summed E-state index contributed by atoms with van der Waals surface area (Å²) in [6, 6.07) is 11.6. The van der Waals surface area contributed by atoms with E-state index in [1.165, 1.54) is 6.07 Å². The summed E-state index contributed by atoms with van der Waals surface area (Å²) in [5, 5.41) is 0.992. The summed E-state index contributed by atoms with van der Waals surface area (Å²) in [4.78, 5) is 0. The molecule has 5 heteroatoms. The lowest BCUT2D eigenvalue weighted by Crippen LogP contribution is -2.30. The molecule has 1 atom stereocenters. The van der Waals surface area contributed by atoms with Gasteiger partial charge in [-0.2, -0.15) is 0 Å². The van der Waals surface area contributed by atoms with E-state index in [0.717, 1.165) is 5.56 Å². The van der Waals surface area contributed by atoms with E-state index in [0.29, 0.717) is 22.0 Å². The van der Waals surface area contributed by atoms with Crippen LogP contribution in [0.5, 0.6) is 0 Å². The average Bonchev–Trinajstić information content (AvgIpc) is 2.39. The van der Waals surface area contributed by atoms with Gasteiger partial charge in [0.2, 0.25) is 0 Å². The Balaban J connectivity index is 2.28. The Morgan fingerprint density at radius 1 is 1.16 bits per heavy atom. The molecule has 0 aliphatic rings. The van der Waals surface area contributed by atoms with E-state index >= 15 is 0 Å². The van der Waals surface area contributed by atoms with E-state index < -0.39 is 0 Å². The normalized spacial score (nSPS) is 12.4. The third kappa shape index (κ3) is 3.45. The van der Waals surface area contributed by atoms with Crippen molar-refractivity contribution >= 4 is 23.2 Å². The van der Waals surface area contributed by atoms with E-state index in [9.17, 15) is 4.39 Å². The van der Waals surface area contributed by atoms with Crippen LogP contribution < -0.4 is 11.3 Å². The highest BCUT2D eigenvalue weighted by Crippen LogP contribution is 2.26. The van der Waals surface area contributed by atoms with Crippen molar-refractivity contribution in [2.45, 2.75) is 12.5 Å². The molecule has 2 rings (SSSR count). The molecule has 0 heterocycles. The average molecular weight is 299 g/mol. The second-order valence-electron chi connectivity index (χ2n) is 4.18. The SMILES string of the molecule is NNC(Cc1ccccc1Cl)c1ccc(Cl)cc1F. The van der Waals surface area contributed by atoms with E-state index in [-0.39, 0.29) is 11.9 Å². The summed E-state index contributed by atoms with van der Waals surface area (Å²) in [6.07, 6.45) is 0.495. The number of nitrogens with one attached hydrogen (secondary N) is 1. The molecule has 2 nitrogen and oxygen atoms in total. The van der Waals surface area contributed by atoms with Gasteiger partial charge in [0.15, 0.2) is 0 Å². The van der Waals surface area contributed by atoms with Crippen LogP contribution in [-0.4, -0.2) is 0 Å². The van der Waals surface area contributed by atoms with Crippen LogP contribution >= 0.6 is 23.2 Å². The molecular formula is C14H13Cl2FN2. The van der Waals surface area contributed by atoms with Crippen LogP contribution in [0.25, 0.3) is 0 Å². The van der Waals surface area contributed by atoms with Gasteiger partial charge in [0.1, 0.15) is 5.82 Å². The van der Waals surface area contributed by atoms with E-state index in [1.807, 2.05) is 18.2 Å². The molecule has 0 fully saturated rings. The van der Waals surface area contributed by atoms with Crippen LogP contribution in [0.3, 0.4) is 0 Å². The Morgan fingerprint density at radius 2 is 1.89 bits per heavy atom. The second kappa shape index (κ2) is 6.35. The van der Waals surface area contributed by atoms with E-state index in [4.69, 9.17) is 29.0 Å². The molecule has 0 bridgehead atoms. The number of hydrogen-bond donors (Lipinski definition) is 2. The molecule has 0 radical (unpaired) electrons. The summed E-state index contributed by atoms with van der Waals surface area (Å²) in [6.45, 7) is 0. The predicted molar refractivity (Wildman–Crippen MR) is 76.6 cm³/mol. The Hall–Kier alpha value is -1.13. The zero-order chi connectivity index (χ0) is 13.8. The fourth-order valence-electron chi connectivity index (χ4n) is 1.93. The number of rotatable bonds is 4. The topological polar surface area (TPSA) is 38.0 Å². The maximum absolute atomic E-state index is 13.9. The molecule has 0 amide bonds. The van der Waals surface area contributed by atoms with Crippen molar-refractivity contribution in [2.24, 2.45) is 5.84 Å². The van der Waals surface area contributed by atoms with Crippen molar-refractivity contribution in [1.29, 1.82) is 0 Å². The first-order valence-corrected chi connectivity index (χ1v) is 6.52. The highest BCUT2D eigenvalue weighted by Gasteiger charge is 2.16. The molecule has 0 spiro atoms. The third-order valence-electron chi connectivity index (χ3n) is 2.92. The Kier molecular flexibility index (Phi) is 4.77. The number of hydrogen-bond acceptors (Lipinski definition) is 2. The summed E-state index contributed by atoms with van der Waals surface area (Å²) < 4.78 is 13.9. The lowest BCUT2D eigenvalue weighted by atomic mass is 9.99. The number of hydrazine groups is 1. The molecule has 100 valence electrons. The molecule has 0 saturated carbocycles. The summed E-state index contributed by atoms with van der Waals surface area (Å²) in [5.74, 6) is 5.13. The first-order valence-electron chi connectivity index (χ1n) is 5.76. The zero-order valence-corrected chi connectivity index (χ0v) is 11.5. The Labute approximate surface area is 121 Å². The molecule has 3 N–H and O–H groups in total. The highest BCUT2D eigenvalue weighted by molar-refractivity contribution is 6.31. The Morgan fingerprint density at radius 3 is 2.53 bits per heavy atom. The Bertz CT molecular complexity index is 575. The van der Waals surface area contributed by atoms with Gasteiger partial charge in [-0.3, -0.25) is 11.3 Å². The number of halogens is 3. The monoisotopic (exact) mass is 298 g/mol. The van der Waals surface area contributed by atoms with Crippen LogP contribution in [0.4, 0.5) is 4.39 Å². The number of nitrogens with two attached hydrogens (primary N) is 1. The lowest BCUT2D eigenvalue weighted by molar-refractivity contribution is 0.510. The van der Waals surface area contributed by atoms with Crippen LogP contribution in [0, 0.1) is 5.82 Å². The highest BCUT2D eigenvalue weighted by atomic mass is 35.5.